The lowest BCUT2D eigenvalue weighted by Crippen LogP contribution is -2.47. The maximum atomic E-state index is 13.2. The number of hydrogen-bond donors (Lipinski definition) is 2. The zero-order valence-electron chi connectivity index (χ0n) is 15.8. The predicted octanol–water partition coefficient (Wildman–Crippen LogP) is 2.12. The second-order valence-electron chi connectivity index (χ2n) is 7.89. The van der Waals surface area contributed by atoms with Crippen LogP contribution < -0.4 is 10.6 Å². The number of carbonyl (C=O) groups excluding carboxylic acids is 2. The van der Waals surface area contributed by atoms with E-state index in [-0.39, 0.29) is 23.1 Å². The van der Waals surface area contributed by atoms with Crippen LogP contribution in [0.2, 0.25) is 0 Å². The molecular formula is C21H29N3O2S. The molecule has 3 heterocycles. The first-order valence-electron chi connectivity index (χ1n) is 10.2. The zero-order valence-corrected chi connectivity index (χ0v) is 16.6. The highest BCUT2D eigenvalue weighted by Crippen LogP contribution is 2.38. The molecule has 0 spiro atoms. The third-order valence-corrected chi connectivity index (χ3v) is 7.22. The molecule has 2 fully saturated rings. The van der Waals surface area contributed by atoms with Crippen molar-refractivity contribution in [1.29, 1.82) is 0 Å². The van der Waals surface area contributed by atoms with Gasteiger partial charge < -0.3 is 15.5 Å². The lowest BCUT2D eigenvalue weighted by atomic mass is 9.96. The molecule has 0 radical (unpaired) electrons. The number of nitrogens with zero attached hydrogens (tertiary/aromatic N) is 1. The van der Waals surface area contributed by atoms with Crippen LogP contribution in [-0.4, -0.2) is 54.7 Å². The number of thioether (sulfide) groups is 1. The lowest BCUT2D eigenvalue weighted by molar-refractivity contribution is -0.132. The van der Waals surface area contributed by atoms with Crippen LogP contribution in [0.3, 0.4) is 0 Å². The molecule has 2 saturated heterocycles. The Bertz CT molecular complexity index is 690. The molecule has 3 atom stereocenters. The van der Waals surface area contributed by atoms with Crippen LogP contribution in [0.4, 0.5) is 0 Å². The number of aryl methyl sites for hydroxylation is 1. The van der Waals surface area contributed by atoms with Gasteiger partial charge >= 0.3 is 0 Å². The van der Waals surface area contributed by atoms with Gasteiger partial charge in [-0.25, -0.2) is 0 Å². The summed E-state index contributed by atoms with van der Waals surface area (Å²) in [5, 5.41) is 6.28. The summed E-state index contributed by atoms with van der Waals surface area (Å²) >= 11 is 1.77. The van der Waals surface area contributed by atoms with Crippen molar-refractivity contribution in [3.8, 4) is 0 Å². The van der Waals surface area contributed by atoms with Gasteiger partial charge in [-0.2, -0.15) is 0 Å². The van der Waals surface area contributed by atoms with E-state index < -0.39 is 0 Å². The van der Waals surface area contributed by atoms with Crippen LogP contribution in [0.15, 0.2) is 24.3 Å². The summed E-state index contributed by atoms with van der Waals surface area (Å²) in [4.78, 5) is 27.5. The van der Waals surface area contributed by atoms with E-state index in [1.807, 2.05) is 11.0 Å². The van der Waals surface area contributed by atoms with Gasteiger partial charge in [-0.05, 0) is 61.4 Å². The van der Waals surface area contributed by atoms with Crippen LogP contribution in [0.1, 0.15) is 42.1 Å². The Balaban J connectivity index is 1.34. The molecular weight excluding hydrogens is 358 g/mol. The largest absolute Gasteiger partial charge is 0.354 e. The number of nitrogens with one attached hydrogen (secondary N) is 2. The molecule has 6 heteroatoms. The topological polar surface area (TPSA) is 61.4 Å². The second kappa shape index (κ2) is 8.65. The normalized spacial score (nSPS) is 27.9. The molecule has 0 aliphatic carbocycles. The van der Waals surface area contributed by atoms with Crippen LogP contribution in [0.25, 0.3) is 0 Å². The fourth-order valence-corrected chi connectivity index (χ4v) is 5.75. The fourth-order valence-electron chi connectivity index (χ4n) is 4.47. The number of piperidine rings is 1. The Hall–Kier alpha value is -1.53. The van der Waals surface area contributed by atoms with Crippen molar-refractivity contribution < 1.29 is 9.59 Å². The van der Waals surface area contributed by atoms with Crippen molar-refractivity contribution >= 4 is 23.6 Å². The van der Waals surface area contributed by atoms with Crippen LogP contribution in [-0.2, 0) is 16.0 Å². The van der Waals surface area contributed by atoms with E-state index in [9.17, 15) is 9.59 Å². The molecule has 3 aliphatic heterocycles. The third kappa shape index (κ3) is 4.32. The molecule has 3 aliphatic rings. The Morgan fingerprint density at radius 1 is 1.22 bits per heavy atom. The smallest absolute Gasteiger partial charge is 0.240 e. The van der Waals surface area contributed by atoms with E-state index in [2.05, 4.69) is 28.8 Å². The summed E-state index contributed by atoms with van der Waals surface area (Å²) in [6.45, 7) is 3.21. The SMILES string of the molecule is O=C(NCC1CCCN(C(=O)C2SCCc3ccccc32)C1)C1CCCN1. The van der Waals surface area contributed by atoms with Crippen molar-refractivity contribution in [2.45, 2.75) is 43.4 Å². The lowest BCUT2D eigenvalue weighted by Gasteiger charge is -2.36. The maximum Gasteiger partial charge on any atom is 0.240 e. The monoisotopic (exact) mass is 387 g/mol. The molecule has 0 saturated carbocycles. The summed E-state index contributed by atoms with van der Waals surface area (Å²) < 4.78 is 0. The van der Waals surface area contributed by atoms with Crippen LogP contribution in [0, 0.1) is 5.92 Å². The minimum atomic E-state index is -0.0639. The molecule has 0 aromatic heterocycles. The fraction of sp³-hybridized carbons (Fsp3) is 0.619. The van der Waals surface area contributed by atoms with Gasteiger partial charge in [0.05, 0.1) is 6.04 Å². The van der Waals surface area contributed by atoms with Gasteiger partial charge in [0.1, 0.15) is 5.25 Å². The minimum absolute atomic E-state index is 0.0264. The van der Waals surface area contributed by atoms with E-state index in [4.69, 9.17) is 0 Å². The molecule has 5 nitrogen and oxygen atoms in total. The summed E-state index contributed by atoms with van der Waals surface area (Å²) in [5.41, 5.74) is 2.51. The Morgan fingerprint density at radius 2 is 2.11 bits per heavy atom. The third-order valence-electron chi connectivity index (χ3n) is 5.99. The standard InChI is InChI=1S/C21H29N3O2S/c25-20(18-8-3-10-22-18)23-13-15-5-4-11-24(14-15)21(26)19-17-7-2-1-6-16(17)9-12-27-19/h1-2,6-7,15,18-19,22H,3-5,8-14H2,(H,23,25). The molecule has 0 bridgehead atoms. The first-order chi connectivity index (χ1) is 13.2. The minimum Gasteiger partial charge on any atom is -0.354 e. The van der Waals surface area contributed by atoms with Gasteiger partial charge in [0, 0.05) is 19.6 Å². The molecule has 1 aromatic rings. The average Bonchev–Trinajstić information content (AvgIpc) is 3.26. The number of fused-ring (bicyclic) bond motifs is 1. The van der Waals surface area contributed by atoms with E-state index >= 15 is 0 Å². The molecule has 2 amide bonds. The molecule has 4 rings (SSSR count). The van der Waals surface area contributed by atoms with Crippen molar-refractivity contribution in [2.24, 2.45) is 5.92 Å². The number of carbonyl (C=O) groups is 2. The van der Waals surface area contributed by atoms with E-state index in [0.29, 0.717) is 12.5 Å². The van der Waals surface area contributed by atoms with Gasteiger partial charge in [0.25, 0.3) is 0 Å². The maximum absolute atomic E-state index is 13.2. The highest BCUT2D eigenvalue weighted by Gasteiger charge is 2.33. The second-order valence-corrected chi connectivity index (χ2v) is 9.10. The van der Waals surface area contributed by atoms with Crippen molar-refractivity contribution in [3.63, 3.8) is 0 Å². The zero-order chi connectivity index (χ0) is 18.6. The van der Waals surface area contributed by atoms with Crippen LogP contribution >= 0.6 is 11.8 Å². The molecule has 3 unspecified atom stereocenters. The predicted molar refractivity (Wildman–Crippen MR) is 109 cm³/mol. The molecule has 146 valence electrons. The number of benzene rings is 1. The Kier molecular flexibility index (Phi) is 6.03. The molecule has 1 aromatic carbocycles. The first-order valence-corrected chi connectivity index (χ1v) is 11.3. The Morgan fingerprint density at radius 3 is 2.96 bits per heavy atom. The number of amides is 2. The van der Waals surface area contributed by atoms with Gasteiger partial charge in [-0.1, -0.05) is 24.3 Å². The van der Waals surface area contributed by atoms with Crippen molar-refractivity contribution in [3.05, 3.63) is 35.4 Å². The highest BCUT2D eigenvalue weighted by atomic mass is 32.2. The van der Waals surface area contributed by atoms with E-state index in [1.165, 1.54) is 11.1 Å². The summed E-state index contributed by atoms with van der Waals surface area (Å²) in [6, 6.07) is 8.34. The van der Waals surface area contributed by atoms with E-state index in [0.717, 1.165) is 57.5 Å². The Labute approximate surface area is 165 Å². The van der Waals surface area contributed by atoms with Crippen LogP contribution in [0.5, 0.6) is 0 Å². The number of rotatable bonds is 4. The van der Waals surface area contributed by atoms with Gasteiger partial charge in [-0.3, -0.25) is 9.59 Å². The number of likely N-dealkylation sites (tertiary alicyclic amines) is 1. The van der Waals surface area contributed by atoms with Gasteiger partial charge in [0.15, 0.2) is 0 Å². The summed E-state index contributed by atoms with van der Waals surface area (Å²) in [5.74, 6) is 1.74. The first kappa shape index (κ1) is 18.8. The summed E-state index contributed by atoms with van der Waals surface area (Å²) in [6.07, 6.45) is 5.15. The molecule has 2 N–H and O–H groups in total. The van der Waals surface area contributed by atoms with Crippen molar-refractivity contribution in [2.75, 3.05) is 31.9 Å². The number of hydrogen-bond acceptors (Lipinski definition) is 4. The van der Waals surface area contributed by atoms with Crippen molar-refractivity contribution in [1.82, 2.24) is 15.5 Å². The van der Waals surface area contributed by atoms with Gasteiger partial charge in [0.2, 0.25) is 11.8 Å². The van der Waals surface area contributed by atoms with E-state index in [1.54, 1.807) is 11.8 Å². The average molecular weight is 388 g/mol. The highest BCUT2D eigenvalue weighted by molar-refractivity contribution is 8.00. The van der Waals surface area contributed by atoms with Gasteiger partial charge in [-0.15, -0.1) is 11.8 Å². The molecule has 27 heavy (non-hydrogen) atoms. The quantitative estimate of drug-likeness (QED) is 0.831. The summed E-state index contributed by atoms with van der Waals surface area (Å²) in [7, 11) is 0.